The zero-order chi connectivity index (χ0) is 23.8. The third-order valence-corrected chi connectivity index (χ3v) is 9.48. The van der Waals surface area contributed by atoms with Crippen molar-refractivity contribution in [1.82, 2.24) is 14.5 Å². The Morgan fingerprint density at radius 2 is 2.06 bits per heavy atom. The predicted octanol–water partition coefficient (Wildman–Crippen LogP) is 4.22. The normalized spacial score (nSPS) is 17.2. The first kappa shape index (κ1) is 22.6. The van der Waals surface area contributed by atoms with Gasteiger partial charge in [-0.05, 0) is 36.9 Å². The summed E-state index contributed by atoms with van der Waals surface area (Å²) in [5, 5.41) is 28.9. The van der Waals surface area contributed by atoms with E-state index in [2.05, 4.69) is 16.3 Å². The van der Waals surface area contributed by atoms with E-state index in [4.69, 9.17) is 22.1 Å². The standard InChI is InChI=1S/C21H19FN7O2PS/c1-14-19-21(28(25-14)12-6-11-23)24-20(17-9-3-4-10-18(17)22)27(2)32(19,33)26-15-7-5-8-16(13-15)29(30)31/h3-5,7-10,13H,6,12H2,1-2H3,(H,26,33). The van der Waals surface area contributed by atoms with Gasteiger partial charge in [-0.15, -0.1) is 0 Å². The maximum Gasteiger partial charge on any atom is 0.271 e. The van der Waals surface area contributed by atoms with Crippen molar-refractivity contribution in [2.75, 3.05) is 12.1 Å². The van der Waals surface area contributed by atoms with Gasteiger partial charge in [0.15, 0.2) is 12.2 Å². The van der Waals surface area contributed by atoms with Crippen LogP contribution in [0.15, 0.2) is 53.5 Å². The van der Waals surface area contributed by atoms with E-state index in [9.17, 15) is 14.5 Å². The summed E-state index contributed by atoms with van der Waals surface area (Å²) in [7, 11) is 1.73. The fraction of sp³-hybridized carbons (Fsp3) is 0.190. The smallest absolute Gasteiger partial charge is 0.271 e. The lowest BCUT2D eigenvalue weighted by Gasteiger charge is -2.38. The molecule has 1 N–H and O–H groups in total. The van der Waals surface area contributed by atoms with Gasteiger partial charge in [0.05, 0.1) is 40.5 Å². The lowest BCUT2D eigenvalue weighted by molar-refractivity contribution is -0.384. The SMILES string of the molecule is Cc1nn(CCC#N)c2c1P(=S)(Nc1cccc([N+](=O)[O-])c1)N(C)C(c1ccccc1F)=N2. The van der Waals surface area contributed by atoms with E-state index in [0.717, 1.165) is 0 Å². The molecule has 0 aliphatic carbocycles. The minimum Gasteiger partial charge on any atom is -0.338 e. The minimum absolute atomic E-state index is 0.0779. The third-order valence-electron chi connectivity index (χ3n) is 5.20. The highest BCUT2D eigenvalue weighted by Crippen LogP contribution is 2.54. The van der Waals surface area contributed by atoms with E-state index >= 15 is 0 Å². The number of benzene rings is 2. The zero-order valence-corrected chi connectivity index (χ0v) is 19.5. The number of fused-ring (bicyclic) bond motifs is 1. The molecule has 4 rings (SSSR count). The van der Waals surface area contributed by atoms with Gasteiger partial charge < -0.3 is 9.76 Å². The van der Waals surface area contributed by atoms with Crippen LogP contribution >= 0.6 is 6.34 Å². The number of nitro groups is 1. The Bertz CT molecular complexity index is 1380. The molecule has 0 spiro atoms. The molecular formula is C21H19FN7O2PS. The van der Waals surface area contributed by atoms with Gasteiger partial charge in [0.2, 0.25) is 0 Å². The van der Waals surface area contributed by atoms with Crippen LogP contribution in [0.1, 0.15) is 17.7 Å². The average Bonchev–Trinajstić information content (AvgIpc) is 3.11. The van der Waals surface area contributed by atoms with Crippen LogP contribution in [0.3, 0.4) is 0 Å². The second kappa shape index (κ2) is 8.73. The number of amidine groups is 1. The average molecular weight is 483 g/mol. The molecule has 2 heterocycles. The van der Waals surface area contributed by atoms with Crippen molar-refractivity contribution in [3.8, 4) is 6.07 Å². The van der Waals surface area contributed by atoms with Crippen LogP contribution in [0.4, 0.5) is 21.6 Å². The van der Waals surface area contributed by atoms with E-state index in [0.29, 0.717) is 34.9 Å². The van der Waals surface area contributed by atoms with E-state index in [1.807, 2.05) is 0 Å². The molecule has 1 unspecified atom stereocenters. The van der Waals surface area contributed by atoms with Crippen molar-refractivity contribution in [2.24, 2.45) is 4.99 Å². The number of anilines is 1. The number of rotatable bonds is 6. The number of aryl methyl sites for hydroxylation is 2. The Labute approximate surface area is 194 Å². The van der Waals surface area contributed by atoms with Gasteiger partial charge >= 0.3 is 0 Å². The van der Waals surface area contributed by atoms with Crippen molar-refractivity contribution in [3.63, 3.8) is 0 Å². The summed E-state index contributed by atoms with van der Waals surface area (Å²) in [5.74, 6) is 0.323. The van der Waals surface area contributed by atoms with Gasteiger partial charge in [-0.3, -0.25) is 10.1 Å². The van der Waals surface area contributed by atoms with Crippen molar-refractivity contribution < 1.29 is 9.31 Å². The second-order valence-corrected chi connectivity index (χ2v) is 11.3. The van der Waals surface area contributed by atoms with Gasteiger partial charge in [0.25, 0.3) is 5.69 Å². The summed E-state index contributed by atoms with van der Waals surface area (Å²) >= 11 is 6.19. The number of nitro benzene ring substituents is 1. The largest absolute Gasteiger partial charge is 0.338 e. The molecule has 1 aromatic heterocycles. The molecule has 1 aliphatic heterocycles. The number of hydrogen-bond acceptors (Lipinski definition) is 6. The minimum atomic E-state index is -2.93. The molecule has 0 radical (unpaired) electrons. The Morgan fingerprint density at radius 3 is 2.76 bits per heavy atom. The first-order valence-electron chi connectivity index (χ1n) is 9.91. The second-order valence-electron chi connectivity index (χ2n) is 7.32. The molecule has 0 amide bonds. The van der Waals surface area contributed by atoms with Crippen LogP contribution in [0.2, 0.25) is 0 Å². The number of nitrogens with zero attached hydrogens (tertiary/aromatic N) is 6. The highest BCUT2D eigenvalue weighted by molar-refractivity contribution is 8.18. The van der Waals surface area contributed by atoms with Crippen LogP contribution in [-0.2, 0) is 18.4 Å². The third kappa shape index (κ3) is 3.99. The van der Waals surface area contributed by atoms with Crippen LogP contribution < -0.4 is 10.4 Å². The van der Waals surface area contributed by atoms with Gasteiger partial charge in [-0.25, -0.2) is 14.1 Å². The summed E-state index contributed by atoms with van der Waals surface area (Å²) < 4.78 is 18.1. The maximum atomic E-state index is 14.8. The maximum absolute atomic E-state index is 14.8. The Morgan fingerprint density at radius 1 is 1.30 bits per heavy atom. The van der Waals surface area contributed by atoms with Crippen LogP contribution in [0.25, 0.3) is 0 Å². The van der Waals surface area contributed by atoms with Crippen LogP contribution in [0, 0.1) is 34.2 Å². The van der Waals surface area contributed by atoms with Gasteiger partial charge in [-0.2, -0.15) is 10.4 Å². The summed E-state index contributed by atoms with van der Waals surface area (Å²) in [6.07, 6.45) is -2.71. The molecule has 3 aromatic rings. The molecule has 12 heteroatoms. The molecule has 0 fully saturated rings. The molecule has 0 bridgehead atoms. The van der Waals surface area contributed by atoms with Crippen molar-refractivity contribution in [1.29, 1.82) is 5.26 Å². The molecule has 1 atom stereocenters. The Kier molecular flexibility index (Phi) is 5.97. The summed E-state index contributed by atoms with van der Waals surface area (Å²) in [6, 6.07) is 14.4. The van der Waals surface area contributed by atoms with Crippen molar-refractivity contribution in [2.45, 2.75) is 19.9 Å². The molecule has 168 valence electrons. The topological polar surface area (TPSA) is 112 Å². The summed E-state index contributed by atoms with van der Waals surface area (Å²) in [5.41, 5.74) is 1.29. The first-order valence-corrected chi connectivity index (χ1v) is 12.7. The lowest BCUT2D eigenvalue weighted by atomic mass is 10.2. The number of nitrogens with one attached hydrogen (secondary N) is 1. The highest BCUT2D eigenvalue weighted by atomic mass is 32.4. The summed E-state index contributed by atoms with van der Waals surface area (Å²) in [6.45, 7) is 2.10. The number of aromatic nitrogens is 2. The fourth-order valence-electron chi connectivity index (χ4n) is 3.67. The van der Waals surface area contributed by atoms with Gasteiger partial charge in [0.1, 0.15) is 11.7 Å². The molecule has 0 saturated carbocycles. The van der Waals surface area contributed by atoms with Crippen molar-refractivity contribution in [3.05, 3.63) is 75.7 Å². The number of non-ortho nitro benzene ring substituents is 1. The van der Waals surface area contributed by atoms with E-state index < -0.39 is 17.1 Å². The number of halogens is 1. The van der Waals surface area contributed by atoms with E-state index in [1.54, 1.807) is 53.7 Å². The molecule has 9 nitrogen and oxygen atoms in total. The fourth-order valence-corrected chi connectivity index (χ4v) is 7.24. The van der Waals surface area contributed by atoms with E-state index in [-0.39, 0.29) is 17.7 Å². The van der Waals surface area contributed by atoms with Crippen LogP contribution in [-0.4, -0.2) is 32.3 Å². The molecule has 1 aliphatic rings. The molecule has 33 heavy (non-hydrogen) atoms. The first-order chi connectivity index (χ1) is 15.8. The summed E-state index contributed by atoms with van der Waals surface area (Å²) in [4.78, 5) is 15.5. The lowest BCUT2D eigenvalue weighted by Crippen LogP contribution is -2.36. The molecule has 0 saturated heterocycles. The number of nitriles is 1. The number of aliphatic imine (C=N–C) groups is 1. The predicted molar refractivity (Wildman–Crippen MR) is 128 cm³/mol. The zero-order valence-electron chi connectivity index (χ0n) is 17.8. The Balaban J connectivity index is 1.92. The Hall–Kier alpha value is -3.61. The molecule has 2 aromatic carbocycles. The van der Waals surface area contributed by atoms with Crippen LogP contribution in [0.5, 0.6) is 0 Å². The number of hydrogen-bond donors (Lipinski definition) is 1. The highest BCUT2D eigenvalue weighted by Gasteiger charge is 2.40. The van der Waals surface area contributed by atoms with Gasteiger partial charge in [0, 0.05) is 24.9 Å². The molecular weight excluding hydrogens is 464 g/mol. The van der Waals surface area contributed by atoms with Crippen molar-refractivity contribution >= 4 is 46.5 Å². The van der Waals surface area contributed by atoms with E-state index in [1.165, 1.54) is 18.2 Å². The monoisotopic (exact) mass is 483 g/mol. The van der Waals surface area contributed by atoms with Gasteiger partial charge in [-0.1, -0.05) is 18.2 Å². The quantitative estimate of drug-likeness (QED) is 0.317.